The lowest BCUT2D eigenvalue weighted by Gasteiger charge is -2.35. The molecule has 0 atom stereocenters. The van der Waals surface area contributed by atoms with Crippen molar-refractivity contribution in [1.82, 2.24) is 9.88 Å². The van der Waals surface area contributed by atoms with E-state index in [0.29, 0.717) is 44.1 Å². The quantitative estimate of drug-likeness (QED) is 0.871. The van der Waals surface area contributed by atoms with E-state index in [1.807, 2.05) is 11.0 Å². The van der Waals surface area contributed by atoms with Crippen LogP contribution in [0.15, 0.2) is 29.6 Å². The normalized spacial score (nSPS) is 13.9. The summed E-state index contributed by atoms with van der Waals surface area (Å²) in [6.45, 7) is 2.69. The molecule has 0 spiro atoms. The van der Waals surface area contributed by atoms with Crippen molar-refractivity contribution in [1.29, 1.82) is 0 Å². The van der Waals surface area contributed by atoms with Crippen LogP contribution >= 0.6 is 36.2 Å². The van der Waals surface area contributed by atoms with Gasteiger partial charge in [0.1, 0.15) is 16.5 Å². The number of thiazole rings is 1. The lowest BCUT2D eigenvalue weighted by molar-refractivity contribution is 0.0741. The summed E-state index contributed by atoms with van der Waals surface area (Å²) in [4.78, 5) is 20.3. The van der Waals surface area contributed by atoms with E-state index < -0.39 is 0 Å². The van der Waals surface area contributed by atoms with Gasteiger partial charge in [-0.3, -0.25) is 4.79 Å². The number of hydrogen-bond donors (Lipinski definition) is 1. The van der Waals surface area contributed by atoms with E-state index in [0.717, 1.165) is 5.01 Å². The number of halogens is 3. The van der Waals surface area contributed by atoms with Crippen molar-refractivity contribution in [3.05, 3.63) is 46.2 Å². The third-order valence-electron chi connectivity index (χ3n) is 3.71. The van der Waals surface area contributed by atoms with Crippen molar-refractivity contribution in [2.75, 3.05) is 31.1 Å². The number of hydrogen-bond acceptors (Lipinski definition) is 5. The molecule has 1 saturated heterocycles. The molecule has 2 aromatic rings. The van der Waals surface area contributed by atoms with E-state index in [1.165, 1.54) is 17.4 Å². The fourth-order valence-electron chi connectivity index (χ4n) is 2.52. The topological polar surface area (TPSA) is 62.5 Å². The van der Waals surface area contributed by atoms with Crippen LogP contribution in [-0.4, -0.2) is 42.0 Å². The van der Waals surface area contributed by atoms with Crippen molar-refractivity contribution >= 4 is 47.7 Å². The number of rotatable bonds is 3. The summed E-state index contributed by atoms with van der Waals surface area (Å²) in [6, 6.07) is 6.71. The van der Waals surface area contributed by atoms with E-state index in [1.54, 1.807) is 22.4 Å². The van der Waals surface area contributed by atoms with Gasteiger partial charge in [0.15, 0.2) is 0 Å². The second kappa shape index (κ2) is 9.17. The highest BCUT2D eigenvalue weighted by molar-refractivity contribution is 7.09. The molecule has 9 heteroatoms. The van der Waals surface area contributed by atoms with Crippen LogP contribution in [0.4, 0.5) is 10.1 Å². The molecule has 2 heterocycles. The number of benzene rings is 1. The lowest BCUT2D eigenvalue weighted by Crippen LogP contribution is -2.49. The van der Waals surface area contributed by atoms with Crippen LogP contribution in [0, 0.1) is 5.82 Å². The number of anilines is 1. The molecule has 0 saturated carbocycles. The lowest BCUT2D eigenvalue weighted by atomic mass is 10.2. The van der Waals surface area contributed by atoms with Gasteiger partial charge >= 0.3 is 0 Å². The Bertz CT molecular complexity index is 677. The smallest absolute Gasteiger partial charge is 0.273 e. The zero-order valence-corrected chi connectivity index (χ0v) is 15.3. The molecular weight excluding hydrogens is 374 g/mol. The highest BCUT2D eigenvalue weighted by Gasteiger charge is 2.24. The fraction of sp³-hybridized carbons (Fsp3) is 0.333. The van der Waals surface area contributed by atoms with Crippen LogP contribution in [0.5, 0.6) is 0 Å². The summed E-state index contributed by atoms with van der Waals surface area (Å²) >= 11 is 1.40. The summed E-state index contributed by atoms with van der Waals surface area (Å²) in [5, 5.41) is 2.50. The van der Waals surface area contributed by atoms with Gasteiger partial charge in [-0.25, -0.2) is 9.37 Å². The van der Waals surface area contributed by atoms with E-state index in [-0.39, 0.29) is 36.5 Å². The second-order valence-corrected chi connectivity index (χ2v) is 6.00. The molecule has 1 aliphatic rings. The van der Waals surface area contributed by atoms with Gasteiger partial charge in [0.05, 0.1) is 5.69 Å². The number of para-hydroxylation sites is 1. The van der Waals surface area contributed by atoms with E-state index in [2.05, 4.69) is 4.98 Å². The summed E-state index contributed by atoms with van der Waals surface area (Å²) in [6.07, 6.45) is 0. The molecule has 1 fully saturated rings. The molecule has 132 valence electrons. The van der Waals surface area contributed by atoms with Crippen LogP contribution in [0.2, 0.25) is 0 Å². The average molecular weight is 393 g/mol. The summed E-state index contributed by atoms with van der Waals surface area (Å²) in [5.41, 5.74) is 6.56. The number of amides is 1. The molecule has 0 aliphatic carbocycles. The first kappa shape index (κ1) is 20.6. The Morgan fingerprint density at radius 1 is 1.21 bits per heavy atom. The molecule has 1 aliphatic heterocycles. The number of aromatic nitrogens is 1. The Hall–Kier alpha value is -1.41. The minimum absolute atomic E-state index is 0. The predicted molar refractivity (Wildman–Crippen MR) is 99.0 cm³/mol. The van der Waals surface area contributed by atoms with Gasteiger partial charge in [-0.15, -0.1) is 36.2 Å². The molecule has 1 aromatic heterocycles. The molecule has 5 nitrogen and oxygen atoms in total. The van der Waals surface area contributed by atoms with Crippen molar-refractivity contribution in [2.24, 2.45) is 5.73 Å². The highest BCUT2D eigenvalue weighted by Crippen LogP contribution is 2.21. The highest BCUT2D eigenvalue weighted by atomic mass is 35.5. The van der Waals surface area contributed by atoms with Gasteiger partial charge in [-0.2, -0.15) is 0 Å². The Kier molecular flexibility index (Phi) is 7.89. The van der Waals surface area contributed by atoms with Gasteiger partial charge in [0.25, 0.3) is 5.91 Å². The van der Waals surface area contributed by atoms with Crippen LogP contribution in [0.1, 0.15) is 15.5 Å². The summed E-state index contributed by atoms with van der Waals surface area (Å²) in [7, 11) is 0. The maximum absolute atomic E-state index is 13.8. The fourth-order valence-corrected chi connectivity index (χ4v) is 3.17. The standard InChI is InChI=1S/C15H17FN4OS.2ClH/c16-11-3-1-2-4-13(11)19-5-7-20(8-6-19)15(21)12-10-22-14(9-17)18-12;;/h1-4,10H,5-9,17H2;2*1H. The van der Waals surface area contributed by atoms with Crippen LogP contribution < -0.4 is 10.6 Å². The van der Waals surface area contributed by atoms with Gasteiger partial charge in [0, 0.05) is 38.1 Å². The molecule has 3 rings (SSSR count). The van der Waals surface area contributed by atoms with Crippen molar-refractivity contribution in [2.45, 2.75) is 6.54 Å². The predicted octanol–water partition coefficient (Wildman–Crippen LogP) is 2.55. The number of nitrogens with two attached hydrogens (primary N) is 1. The van der Waals surface area contributed by atoms with Crippen LogP contribution in [0.25, 0.3) is 0 Å². The molecule has 0 bridgehead atoms. The number of piperazine rings is 1. The maximum Gasteiger partial charge on any atom is 0.273 e. The summed E-state index contributed by atoms with van der Waals surface area (Å²) in [5.74, 6) is -0.307. The molecule has 2 N–H and O–H groups in total. The number of nitrogens with zero attached hydrogens (tertiary/aromatic N) is 3. The zero-order valence-electron chi connectivity index (χ0n) is 12.9. The SMILES string of the molecule is Cl.Cl.NCc1nc(C(=O)N2CCN(c3ccccc3F)CC2)cs1. The van der Waals surface area contributed by atoms with Crippen molar-refractivity contribution < 1.29 is 9.18 Å². The molecule has 24 heavy (non-hydrogen) atoms. The number of carbonyl (C=O) groups excluding carboxylic acids is 1. The van der Waals surface area contributed by atoms with E-state index in [4.69, 9.17) is 5.73 Å². The Balaban J connectivity index is 0.00000144. The number of carbonyl (C=O) groups is 1. The molecular formula is C15H19Cl2FN4OS. The average Bonchev–Trinajstić information content (AvgIpc) is 3.04. The minimum Gasteiger partial charge on any atom is -0.366 e. The largest absolute Gasteiger partial charge is 0.366 e. The third-order valence-corrected chi connectivity index (χ3v) is 4.58. The Morgan fingerprint density at radius 3 is 2.46 bits per heavy atom. The van der Waals surface area contributed by atoms with Gasteiger partial charge in [-0.05, 0) is 12.1 Å². The van der Waals surface area contributed by atoms with Gasteiger partial charge < -0.3 is 15.5 Å². The first-order valence-electron chi connectivity index (χ1n) is 7.12. The first-order chi connectivity index (χ1) is 10.7. The van der Waals surface area contributed by atoms with E-state index in [9.17, 15) is 9.18 Å². The second-order valence-electron chi connectivity index (χ2n) is 5.06. The Morgan fingerprint density at radius 2 is 1.88 bits per heavy atom. The third kappa shape index (κ3) is 4.36. The first-order valence-corrected chi connectivity index (χ1v) is 8.00. The van der Waals surface area contributed by atoms with Gasteiger partial charge in [0.2, 0.25) is 0 Å². The monoisotopic (exact) mass is 392 g/mol. The van der Waals surface area contributed by atoms with Crippen molar-refractivity contribution in [3.63, 3.8) is 0 Å². The molecule has 1 aromatic carbocycles. The zero-order chi connectivity index (χ0) is 15.5. The Labute approximate surface area is 156 Å². The molecule has 0 unspecified atom stereocenters. The summed E-state index contributed by atoms with van der Waals surface area (Å²) < 4.78 is 13.8. The van der Waals surface area contributed by atoms with Crippen molar-refractivity contribution in [3.8, 4) is 0 Å². The van der Waals surface area contributed by atoms with Crippen LogP contribution in [-0.2, 0) is 6.54 Å². The molecule has 0 radical (unpaired) electrons. The van der Waals surface area contributed by atoms with Crippen LogP contribution in [0.3, 0.4) is 0 Å². The maximum atomic E-state index is 13.8. The minimum atomic E-state index is -0.227. The van der Waals surface area contributed by atoms with Gasteiger partial charge in [-0.1, -0.05) is 12.1 Å². The van der Waals surface area contributed by atoms with E-state index >= 15 is 0 Å². The molecule has 1 amide bonds.